The Bertz CT molecular complexity index is 1400. The van der Waals surface area contributed by atoms with E-state index in [1.54, 1.807) is 24.4 Å². The number of benzene rings is 1. The van der Waals surface area contributed by atoms with Crippen molar-refractivity contribution < 1.29 is 13.2 Å². The maximum Gasteiger partial charge on any atom is 0.225 e. The van der Waals surface area contributed by atoms with Crippen LogP contribution in [0.5, 0.6) is 11.6 Å². The SMILES string of the molecule is CCc1cnc(N2CCC(n3nnc4cc(Oc5ccc(S(C)(=O)=O)cc5)ncc43)CC2)nc1. The highest BCUT2D eigenvalue weighted by Crippen LogP contribution is 2.29. The number of hydrogen-bond donors (Lipinski definition) is 0. The average Bonchev–Trinajstić information content (AvgIpc) is 3.27. The number of aromatic nitrogens is 6. The van der Waals surface area contributed by atoms with Crippen molar-refractivity contribution in [3.63, 3.8) is 0 Å². The van der Waals surface area contributed by atoms with Crippen molar-refractivity contribution in [1.29, 1.82) is 0 Å². The molecule has 4 aromatic rings. The van der Waals surface area contributed by atoms with E-state index < -0.39 is 9.84 Å². The van der Waals surface area contributed by atoms with Crippen molar-refractivity contribution in [3.05, 3.63) is 54.5 Å². The molecule has 176 valence electrons. The summed E-state index contributed by atoms with van der Waals surface area (Å²) in [5, 5.41) is 8.70. The summed E-state index contributed by atoms with van der Waals surface area (Å²) in [6.07, 6.45) is 9.41. The number of sulfone groups is 1. The van der Waals surface area contributed by atoms with Gasteiger partial charge in [-0.3, -0.25) is 0 Å². The minimum Gasteiger partial charge on any atom is -0.439 e. The lowest BCUT2D eigenvalue weighted by atomic mass is 10.1. The van der Waals surface area contributed by atoms with Gasteiger partial charge in [0.15, 0.2) is 9.84 Å². The van der Waals surface area contributed by atoms with Crippen LogP contribution in [0.1, 0.15) is 31.4 Å². The number of ether oxygens (including phenoxy) is 1. The molecule has 0 spiro atoms. The summed E-state index contributed by atoms with van der Waals surface area (Å²) in [5.41, 5.74) is 2.68. The Hall–Kier alpha value is -3.60. The van der Waals surface area contributed by atoms with Gasteiger partial charge >= 0.3 is 0 Å². The molecule has 1 aromatic carbocycles. The van der Waals surface area contributed by atoms with Crippen LogP contribution < -0.4 is 9.64 Å². The fourth-order valence-corrected chi connectivity index (χ4v) is 4.66. The maximum atomic E-state index is 11.6. The lowest BCUT2D eigenvalue weighted by Gasteiger charge is -2.32. The maximum absolute atomic E-state index is 11.6. The molecule has 10 nitrogen and oxygen atoms in total. The number of anilines is 1. The van der Waals surface area contributed by atoms with Gasteiger partial charge in [-0.2, -0.15) is 0 Å². The van der Waals surface area contributed by atoms with Gasteiger partial charge in [0.2, 0.25) is 11.8 Å². The summed E-state index contributed by atoms with van der Waals surface area (Å²) >= 11 is 0. The normalized spacial score (nSPS) is 15.1. The highest BCUT2D eigenvalue weighted by Gasteiger charge is 2.24. The summed E-state index contributed by atoms with van der Waals surface area (Å²) in [4.78, 5) is 15.8. The number of piperidine rings is 1. The van der Waals surface area contributed by atoms with E-state index in [0.29, 0.717) is 17.1 Å². The van der Waals surface area contributed by atoms with Crippen molar-refractivity contribution in [3.8, 4) is 11.6 Å². The molecule has 1 fully saturated rings. The van der Waals surface area contributed by atoms with Gasteiger partial charge in [0.05, 0.1) is 17.1 Å². The van der Waals surface area contributed by atoms with Crippen LogP contribution in [-0.2, 0) is 16.3 Å². The number of nitrogens with zero attached hydrogens (tertiary/aromatic N) is 7. The number of fused-ring (bicyclic) bond motifs is 1. The summed E-state index contributed by atoms with van der Waals surface area (Å²) in [5.74, 6) is 1.63. The molecule has 1 aliphatic rings. The molecule has 34 heavy (non-hydrogen) atoms. The third-order valence-electron chi connectivity index (χ3n) is 6.00. The Morgan fingerprint density at radius 2 is 1.74 bits per heavy atom. The van der Waals surface area contributed by atoms with E-state index in [0.717, 1.165) is 49.4 Å². The van der Waals surface area contributed by atoms with Crippen molar-refractivity contribution in [2.24, 2.45) is 0 Å². The second kappa shape index (κ2) is 8.98. The molecule has 0 unspecified atom stereocenters. The van der Waals surface area contributed by atoms with Crippen LogP contribution in [0.25, 0.3) is 11.0 Å². The van der Waals surface area contributed by atoms with Crippen LogP contribution in [0.15, 0.2) is 53.8 Å². The van der Waals surface area contributed by atoms with Gasteiger partial charge in [0.1, 0.15) is 16.8 Å². The van der Waals surface area contributed by atoms with E-state index in [9.17, 15) is 8.42 Å². The van der Waals surface area contributed by atoms with Crippen LogP contribution >= 0.6 is 0 Å². The summed E-state index contributed by atoms with van der Waals surface area (Å²) < 4.78 is 31.0. The van der Waals surface area contributed by atoms with Gasteiger partial charge in [-0.1, -0.05) is 12.1 Å². The Morgan fingerprint density at radius 1 is 1.03 bits per heavy atom. The average molecular weight is 480 g/mol. The number of hydrogen-bond acceptors (Lipinski definition) is 9. The molecule has 3 aromatic heterocycles. The number of aryl methyl sites for hydroxylation is 1. The zero-order chi connectivity index (χ0) is 23.7. The largest absolute Gasteiger partial charge is 0.439 e. The van der Waals surface area contributed by atoms with Gasteiger partial charge < -0.3 is 9.64 Å². The third-order valence-corrected chi connectivity index (χ3v) is 7.13. The lowest BCUT2D eigenvalue weighted by molar-refractivity contribution is 0.366. The lowest BCUT2D eigenvalue weighted by Crippen LogP contribution is -2.36. The predicted molar refractivity (Wildman–Crippen MR) is 127 cm³/mol. The van der Waals surface area contributed by atoms with E-state index in [4.69, 9.17) is 4.74 Å². The second-order valence-electron chi connectivity index (χ2n) is 8.35. The van der Waals surface area contributed by atoms with Crippen LogP contribution in [0.2, 0.25) is 0 Å². The molecule has 11 heteroatoms. The van der Waals surface area contributed by atoms with E-state index in [-0.39, 0.29) is 10.9 Å². The first-order valence-electron chi connectivity index (χ1n) is 11.2. The first-order valence-corrected chi connectivity index (χ1v) is 13.0. The quantitative estimate of drug-likeness (QED) is 0.411. The Morgan fingerprint density at radius 3 is 2.38 bits per heavy atom. The Kier molecular flexibility index (Phi) is 5.86. The molecule has 4 heterocycles. The van der Waals surface area contributed by atoms with Crippen LogP contribution in [-0.4, -0.2) is 57.7 Å². The molecular weight excluding hydrogens is 454 g/mol. The molecule has 0 saturated carbocycles. The molecule has 1 saturated heterocycles. The third kappa shape index (κ3) is 4.56. The van der Waals surface area contributed by atoms with Gasteiger partial charge in [-0.25, -0.2) is 28.1 Å². The topological polar surface area (TPSA) is 116 Å². The molecule has 0 aliphatic carbocycles. The van der Waals surface area contributed by atoms with Crippen molar-refractivity contribution in [2.75, 3.05) is 24.2 Å². The van der Waals surface area contributed by atoms with Crippen molar-refractivity contribution in [1.82, 2.24) is 29.9 Å². The monoisotopic (exact) mass is 479 g/mol. The van der Waals surface area contributed by atoms with Crippen LogP contribution in [0, 0.1) is 0 Å². The number of pyridine rings is 1. The zero-order valence-corrected chi connectivity index (χ0v) is 19.8. The smallest absolute Gasteiger partial charge is 0.225 e. The van der Waals surface area contributed by atoms with E-state index in [2.05, 4.69) is 37.1 Å². The molecule has 0 bridgehead atoms. The molecule has 1 aliphatic heterocycles. The molecule has 0 radical (unpaired) electrons. The fraction of sp³-hybridized carbons (Fsp3) is 0.348. The second-order valence-corrected chi connectivity index (χ2v) is 10.4. The minimum absolute atomic E-state index is 0.216. The first kappa shape index (κ1) is 22.2. The van der Waals surface area contributed by atoms with E-state index >= 15 is 0 Å². The molecule has 0 N–H and O–H groups in total. The Labute approximate surface area is 197 Å². The van der Waals surface area contributed by atoms with Gasteiger partial charge in [0.25, 0.3) is 0 Å². The highest BCUT2D eigenvalue weighted by molar-refractivity contribution is 7.90. The predicted octanol–water partition coefficient (Wildman–Crippen LogP) is 3.22. The molecule has 0 atom stereocenters. The molecule has 5 rings (SSSR count). The van der Waals surface area contributed by atoms with Gasteiger partial charge in [-0.05, 0) is 49.1 Å². The summed E-state index contributed by atoms with van der Waals surface area (Å²) in [6, 6.07) is 8.18. The van der Waals surface area contributed by atoms with Gasteiger partial charge in [-0.15, -0.1) is 5.10 Å². The van der Waals surface area contributed by atoms with Crippen molar-refractivity contribution >= 4 is 26.8 Å². The summed E-state index contributed by atoms with van der Waals surface area (Å²) in [7, 11) is -3.25. The summed E-state index contributed by atoms with van der Waals surface area (Å²) in [6.45, 7) is 3.78. The first-order chi connectivity index (χ1) is 16.4. The zero-order valence-electron chi connectivity index (χ0n) is 19.0. The van der Waals surface area contributed by atoms with Crippen LogP contribution in [0.4, 0.5) is 5.95 Å². The number of rotatable bonds is 6. The highest BCUT2D eigenvalue weighted by atomic mass is 32.2. The fourth-order valence-electron chi connectivity index (χ4n) is 4.03. The van der Waals surface area contributed by atoms with Gasteiger partial charge in [0, 0.05) is 37.8 Å². The van der Waals surface area contributed by atoms with Crippen molar-refractivity contribution in [2.45, 2.75) is 37.1 Å². The van der Waals surface area contributed by atoms with E-state index in [1.165, 1.54) is 18.4 Å². The van der Waals surface area contributed by atoms with Crippen LogP contribution in [0.3, 0.4) is 0 Å². The minimum atomic E-state index is -3.25. The molecule has 0 amide bonds. The standard InChI is InChI=1S/C23H25N7O3S/c1-3-16-13-25-23(26-14-16)29-10-8-17(9-11-29)30-21-15-24-22(12-20(21)27-28-30)33-18-4-6-19(7-5-18)34(2,31)32/h4-7,12-15,17H,3,8-11H2,1-2H3. The Balaban J connectivity index is 1.27. The molecular formula is C23H25N7O3S. The van der Waals surface area contributed by atoms with E-state index in [1.807, 2.05) is 17.1 Å².